The van der Waals surface area contributed by atoms with E-state index in [9.17, 15) is 9.90 Å². The average Bonchev–Trinajstić information content (AvgIpc) is 3.15. The quantitative estimate of drug-likeness (QED) is 0.814. The van der Waals surface area contributed by atoms with Crippen molar-refractivity contribution in [3.05, 3.63) is 35.4 Å². The molecule has 1 aromatic carbocycles. The summed E-state index contributed by atoms with van der Waals surface area (Å²) in [6.07, 6.45) is 3.97. The fraction of sp³-hybridized carbons (Fsp3) is 0.650. The van der Waals surface area contributed by atoms with E-state index in [1.807, 2.05) is 29.2 Å². The Hall–Kier alpha value is -1.43. The zero-order valence-electron chi connectivity index (χ0n) is 14.9. The van der Waals surface area contributed by atoms with Crippen LogP contribution in [0.25, 0.3) is 0 Å². The first-order chi connectivity index (χ1) is 12.2. The molecule has 138 valence electrons. The van der Waals surface area contributed by atoms with Crippen LogP contribution in [0.5, 0.6) is 0 Å². The summed E-state index contributed by atoms with van der Waals surface area (Å²) >= 11 is 0. The number of nitrogens with zero attached hydrogens (tertiary/aromatic N) is 2. The highest BCUT2D eigenvalue weighted by Gasteiger charge is 2.31. The van der Waals surface area contributed by atoms with Gasteiger partial charge >= 0.3 is 0 Å². The Morgan fingerprint density at radius 2 is 1.64 bits per heavy atom. The molecular weight excluding hydrogens is 316 g/mol. The zero-order chi connectivity index (χ0) is 17.6. The van der Waals surface area contributed by atoms with E-state index in [4.69, 9.17) is 5.11 Å². The number of rotatable bonds is 6. The highest BCUT2D eigenvalue weighted by molar-refractivity contribution is 5.79. The van der Waals surface area contributed by atoms with Crippen LogP contribution in [-0.2, 0) is 17.8 Å². The largest absolute Gasteiger partial charge is 0.396 e. The average molecular weight is 346 g/mol. The molecule has 2 aliphatic heterocycles. The number of aliphatic hydroxyl groups excluding tert-OH is 2. The third-order valence-electron chi connectivity index (χ3n) is 5.51. The summed E-state index contributed by atoms with van der Waals surface area (Å²) < 4.78 is 0. The lowest BCUT2D eigenvalue weighted by atomic mass is 9.89. The fourth-order valence-corrected chi connectivity index (χ4v) is 4.17. The SMILES string of the molecule is O=C(Cc1ccc(CO)cc1)N1C[C@H](CO)C[C@H](CN2CCCC2)C1. The predicted molar refractivity (Wildman–Crippen MR) is 97.0 cm³/mol. The second-order valence-electron chi connectivity index (χ2n) is 7.61. The van der Waals surface area contributed by atoms with E-state index < -0.39 is 0 Å². The van der Waals surface area contributed by atoms with Crippen LogP contribution in [0, 0.1) is 11.8 Å². The predicted octanol–water partition coefficient (Wildman–Crippen LogP) is 1.27. The molecule has 0 saturated carbocycles. The normalized spacial score (nSPS) is 24.6. The second kappa shape index (κ2) is 8.79. The Kier molecular flexibility index (Phi) is 6.45. The fourth-order valence-electron chi connectivity index (χ4n) is 4.17. The van der Waals surface area contributed by atoms with Crippen LogP contribution >= 0.6 is 0 Å². The topological polar surface area (TPSA) is 64.0 Å². The molecule has 0 radical (unpaired) electrons. The summed E-state index contributed by atoms with van der Waals surface area (Å²) in [7, 11) is 0. The van der Waals surface area contributed by atoms with E-state index in [2.05, 4.69) is 4.90 Å². The van der Waals surface area contributed by atoms with Crippen molar-refractivity contribution in [3.63, 3.8) is 0 Å². The number of benzene rings is 1. The number of likely N-dealkylation sites (tertiary alicyclic amines) is 2. The van der Waals surface area contributed by atoms with Gasteiger partial charge in [0, 0.05) is 26.2 Å². The first-order valence-corrected chi connectivity index (χ1v) is 9.47. The molecule has 0 aromatic heterocycles. The molecule has 5 heteroatoms. The van der Waals surface area contributed by atoms with Gasteiger partial charge in [0.15, 0.2) is 0 Å². The van der Waals surface area contributed by atoms with Gasteiger partial charge in [0.05, 0.1) is 13.0 Å². The summed E-state index contributed by atoms with van der Waals surface area (Å²) in [6.45, 7) is 5.05. The van der Waals surface area contributed by atoms with Crippen LogP contribution in [0.1, 0.15) is 30.4 Å². The van der Waals surface area contributed by atoms with Gasteiger partial charge in [0.1, 0.15) is 0 Å². The first-order valence-electron chi connectivity index (χ1n) is 9.47. The Labute approximate surface area is 150 Å². The maximum absolute atomic E-state index is 12.7. The molecule has 2 atom stereocenters. The molecule has 0 spiro atoms. The molecule has 1 aromatic rings. The first kappa shape index (κ1) is 18.4. The van der Waals surface area contributed by atoms with Crippen molar-refractivity contribution in [1.29, 1.82) is 0 Å². The molecule has 2 heterocycles. The number of aliphatic hydroxyl groups is 2. The van der Waals surface area contributed by atoms with E-state index in [0.29, 0.717) is 18.9 Å². The van der Waals surface area contributed by atoms with Crippen molar-refractivity contribution < 1.29 is 15.0 Å². The summed E-state index contributed by atoms with van der Waals surface area (Å²) in [5.41, 5.74) is 1.84. The van der Waals surface area contributed by atoms with Gasteiger partial charge in [-0.05, 0) is 55.3 Å². The maximum atomic E-state index is 12.7. The minimum Gasteiger partial charge on any atom is -0.396 e. The van der Waals surface area contributed by atoms with Crippen LogP contribution in [0.15, 0.2) is 24.3 Å². The van der Waals surface area contributed by atoms with Gasteiger partial charge in [-0.1, -0.05) is 24.3 Å². The summed E-state index contributed by atoms with van der Waals surface area (Å²) in [5.74, 6) is 0.799. The molecule has 0 unspecified atom stereocenters. The van der Waals surface area contributed by atoms with Crippen molar-refractivity contribution in [2.75, 3.05) is 39.3 Å². The van der Waals surface area contributed by atoms with Crippen LogP contribution < -0.4 is 0 Å². The molecule has 3 rings (SSSR count). The molecule has 2 saturated heterocycles. The molecule has 2 aliphatic rings. The third kappa shape index (κ3) is 5.03. The number of amides is 1. The van der Waals surface area contributed by atoms with Crippen molar-refractivity contribution >= 4 is 5.91 Å². The van der Waals surface area contributed by atoms with Gasteiger partial charge in [-0.3, -0.25) is 4.79 Å². The Bertz CT molecular complexity index is 555. The van der Waals surface area contributed by atoms with E-state index in [1.54, 1.807) is 0 Å². The van der Waals surface area contributed by atoms with Crippen LogP contribution in [0.3, 0.4) is 0 Å². The van der Waals surface area contributed by atoms with Crippen LogP contribution in [0.4, 0.5) is 0 Å². The van der Waals surface area contributed by atoms with Crippen LogP contribution in [-0.4, -0.2) is 65.3 Å². The summed E-state index contributed by atoms with van der Waals surface area (Å²) in [6, 6.07) is 7.56. The second-order valence-corrected chi connectivity index (χ2v) is 7.61. The smallest absolute Gasteiger partial charge is 0.227 e. The maximum Gasteiger partial charge on any atom is 0.227 e. The molecule has 1 amide bonds. The Morgan fingerprint density at radius 1 is 1.00 bits per heavy atom. The van der Waals surface area contributed by atoms with Gasteiger partial charge in [-0.25, -0.2) is 0 Å². The van der Waals surface area contributed by atoms with Gasteiger partial charge in [0.2, 0.25) is 5.91 Å². The lowest BCUT2D eigenvalue weighted by Gasteiger charge is -2.38. The third-order valence-corrected chi connectivity index (χ3v) is 5.51. The van der Waals surface area contributed by atoms with Gasteiger partial charge in [0.25, 0.3) is 0 Å². The minimum atomic E-state index is 0.0245. The molecular formula is C20H30N2O3. The highest BCUT2D eigenvalue weighted by atomic mass is 16.3. The Morgan fingerprint density at radius 3 is 2.28 bits per heavy atom. The molecule has 5 nitrogen and oxygen atoms in total. The monoisotopic (exact) mass is 346 g/mol. The minimum absolute atomic E-state index is 0.0245. The number of hydrogen-bond donors (Lipinski definition) is 2. The van der Waals surface area contributed by atoms with Crippen molar-refractivity contribution in [3.8, 4) is 0 Å². The molecule has 25 heavy (non-hydrogen) atoms. The van der Waals surface area contributed by atoms with Crippen molar-refractivity contribution in [2.45, 2.75) is 32.3 Å². The number of piperidine rings is 1. The van der Waals surface area contributed by atoms with E-state index in [0.717, 1.165) is 30.6 Å². The molecule has 2 N–H and O–H groups in total. The zero-order valence-corrected chi connectivity index (χ0v) is 14.9. The van der Waals surface area contributed by atoms with Gasteiger partial charge < -0.3 is 20.0 Å². The number of carbonyl (C=O) groups is 1. The lowest BCUT2D eigenvalue weighted by Crippen LogP contribution is -2.48. The summed E-state index contributed by atoms with van der Waals surface area (Å²) in [5, 5.41) is 18.8. The number of carbonyl (C=O) groups excluding carboxylic acids is 1. The van der Waals surface area contributed by atoms with E-state index >= 15 is 0 Å². The van der Waals surface area contributed by atoms with Crippen molar-refractivity contribution in [2.24, 2.45) is 11.8 Å². The Balaban J connectivity index is 1.58. The molecule has 2 fully saturated rings. The summed E-state index contributed by atoms with van der Waals surface area (Å²) in [4.78, 5) is 17.2. The number of hydrogen-bond acceptors (Lipinski definition) is 4. The van der Waals surface area contributed by atoms with E-state index in [1.165, 1.54) is 25.9 Å². The van der Waals surface area contributed by atoms with Gasteiger partial charge in [-0.2, -0.15) is 0 Å². The lowest BCUT2D eigenvalue weighted by molar-refractivity contribution is -0.134. The van der Waals surface area contributed by atoms with Gasteiger partial charge in [-0.15, -0.1) is 0 Å². The van der Waals surface area contributed by atoms with Crippen molar-refractivity contribution in [1.82, 2.24) is 9.80 Å². The van der Waals surface area contributed by atoms with E-state index in [-0.39, 0.29) is 25.0 Å². The molecule has 0 aliphatic carbocycles. The van der Waals surface area contributed by atoms with Crippen LogP contribution in [0.2, 0.25) is 0 Å². The highest BCUT2D eigenvalue weighted by Crippen LogP contribution is 2.24. The standard InChI is InChI=1S/C20H30N2O3/c23-14-17-5-3-16(4-6-17)10-20(25)22-12-18(9-19(13-22)15-24)11-21-7-1-2-8-21/h3-6,18-19,23-24H,1-2,7-15H2/t18-,19-/m1/s1. The molecule has 0 bridgehead atoms.